The highest BCUT2D eigenvalue weighted by Crippen LogP contribution is 2.46. The van der Waals surface area contributed by atoms with Gasteiger partial charge in [-0.15, -0.1) is 0 Å². The van der Waals surface area contributed by atoms with Gasteiger partial charge in [0.1, 0.15) is 0 Å². The monoisotopic (exact) mass is 255 g/mol. The van der Waals surface area contributed by atoms with Gasteiger partial charge in [0.25, 0.3) is 0 Å². The van der Waals surface area contributed by atoms with Crippen LogP contribution in [-0.4, -0.2) is 10.1 Å². The Bertz CT molecular complexity index is 567. The Morgan fingerprint density at radius 3 is 2.74 bits per heavy atom. The van der Waals surface area contributed by atoms with Crippen molar-refractivity contribution in [2.24, 2.45) is 5.41 Å². The predicted octanol–water partition coefficient (Wildman–Crippen LogP) is 4.24. The van der Waals surface area contributed by atoms with E-state index in [0.29, 0.717) is 0 Å². The van der Waals surface area contributed by atoms with Crippen molar-refractivity contribution in [3.63, 3.8) is 0 Å². The van der Waals surface area contributed by atoms with Crippen LogP contribution >= 0.6 is 0 Å². The minimum absolute atomic E-state index is 0.0236. The van der Waals surface area contributed by atoms with Crippen molar-refractivity contribution in [1.29, 1.82) is 0 Å². The van der Waals surface area contributed by atoms with Gasteiger partial charge in [-0.25, -0.2) is 0 Å². The zero-order valence-electron chi connectivity index (χ0n) is 11.5. The third-order valence-electron chi connectivity index (χ3n) is 4.66. The van der Waals surface area contributed by atoms with Crippen LogP contribution < -0.4 is 0 Å². The van der Waals surface area contributed by atoms with Gasteiger partial charge in [0.05, 0.1) is 6.10 Å². The molecule has 0 bridgehead atoms. The zero-order valence-corrected chi connectivity index (χ0v) is 11.5. The van der Waals surface area contributed by atoms with Crippen LogP contribution in [0.1, 0.15) is 50.7 Å². The van der Waals surface area contributed by atoms with Gasteiger partial charge in [0.2, 0.25) is 0 Å². The second kappa shape index (κ2) is 4.93. The van der Waals surface area contributed by atoms with E-state index in [1.54, 1.807) is 0 Å². The molecule has 0 spiro atoms. The lowest BCUT2D eigenvalue weighted by molar-refractivity contribution is 0.00919. The molecule has 0 aliphatic heterocycles. The SMILES string of the molecule is CC1(C(O)c2cccc3cnccc23)CCCCC1. The lowest BCUT2D eigenvalue weighted by Crippen LogP contribution is -2.28. The fourth-order valence-corrected chi connectivity index (χ4v) is 3.39. The van der Waals surface area contributed by atoms with E-state index in [4.69, 9.17) is 0 Å². The third kappa shape index (κ3) is 2.25. The maximum atomic E-state index is 10.9. The second-order valence-corrected chi connectivity index (χ2v) is 6.06. The van der Waals surface area contributed by atoms with E-state index in [-0.39, 0.29) is 11.5 Å². The highest BCUT2D eigenvalue weighted by Gasteiger charge is 2.35. The van der Waals surface area contributed by atoms with Gasteiger partial charge >= 0.3 is 0 Å². The molecule has 1 aromatic carbocycles. The Morgan fingerprint density at radius 2 is 1.95 bits per heavy atom. The lowest BCUT2D eigenvalue weighted by Gasteiger charge is -2.38. The van der Waals surface area contributed by atoms with Crippen LogP contribution in [0.5, 0.6) is 0 Å². The molecule has 1 aromatic heterocycles. The van der Waals surface area contributed by atoms with Gasteiger partial charge in [0.15, 0.2) is 0 Å². The summed E-state index contributed by atoms with van der Waals surface area (Å²) in [6.07, 6.45) is 9.32. The van der Waals surface area contributed by atoms with Crippen molar-refractivity contribution in [1.82, 2.24) is 4.98 Å². The fourth-order valence-electron chi connectivity index (χ4n) is 3.39. The number of hydrogen-bond acceptors (Lipinski definition) is 2. The van der Waals surface area contributed by atoms with Crippen LogP contribution in [-0.2, 0) is 0 Å². The first-order chi connectivity index (χ1) is 9.21. The summed E-state index contributed by atoms with van der Waals surface area (Å²) in [5.74, 6) is 0. The number of rotatable bonds is 2. The zero-order chi connectivity index (χ0) is 13.3. The number of fused-ring (bicyclic) bond motifs is 1. The number of aliphatic hydroxyl groups is 1. The van der Waals surface area contributed by atoms with Gasteiger partial charge in [-0.1, -0.05) is 44.4 Å². The Morgan fingerprint density at radius 1 is 1.16 bits per heavy atom. The lowest BCUT2D eigenvalue weighted by atomic mass is 9.69. The van der Waals surface area contributed by atoms with E-state index in [2.05, 4.69) is 24.0 Å². The van der Waals surface area contributed by atoms with E-state index in [0.717, 1.165) is 29.2 Å². The predicted molar refractivity (Wildman–Crippen MR) is 77.9 cm³/mol. The van der Waals surface area contributed by atoms with Crippen LogP contribution in [0.25, 0.3) is 10.8 Å². The van der Waals surface area contributed by atoms with Crippen molar-refractivity contribution in [2.45, 2.75) is 45.1 Å². The van der Waals surface area contributed by atoms with E-state index in [1.165, 1.54) is 19.3 Å². The Hall–Kier alpha value is -1.41. The first-order valence-electron chi connectivity index (χ1n) is 7.21. The number of pyridine rings is 1. The van der Waals surface area contributed by atoms with Gasteiger partial charge in [-0.2, -0.15) is 0 Å². The fraction of sp³-hybridized carbons (Fsp3) is 0.471. The Labute approximate surface area is 114 Å². The normalized spacial score (nSPS) is 20.3. The molecule has 1 heterocycles. The highest BCUT2D eigenvalue weighted by atomic mass is 16.3. The van der Waals surface area contributed by atoms with E-state index in [1.807, 2.05) is 24.5 Å². The minimum Gasteiger partial charge on any atom is -0.388 e. The molecule has 0 saturated heterocycles. The van der Waals surface area contributed by atoms with Crippen molar-refractivity contribution in [3.8, 4) is 0 Å². The van der Waals surface area contributed by atoms with Crippen LogP contribution in [0.2, 0.25) is 0 Å². The highest BCUT2D eigenvalue weighted by molar-refractivity contribution is 5.85. The molecular weight excluding hydrogens is 234 g/mol. The first-order valence-corrected chi connectivity index (χ1v) is 7.21. The maximum Gasteiger partial charge on any atom is 0.0849 e. The van der Waals surface area contributed by atoms with E-state index in [9.17, 15) is 5.11 Å². The number of aliphatic hydroxyl groups excluding tert-OH is 1. The molecule has 0 amide bonds. The van der Waals surface area contributed by atoms with E-state index >= 15 is 0 Å². The minimum atomic E-state index is -0.376. The Kier molecular flexibility index (Phi) is 3.28. The summed E-state index contributed by atoms with van der Waals surface area (Å²) in [5, 5.41) is 13.1. The molecule has 1 atom stereocenters. The largest absolute Gasteiger partial charge is 0.388 e. The van der Waals surface area contributed by atoms with Crippen molar-refractivity contribution in [2.75, 3.05) is 0 Å². The smallest absolute Gasteiger partial charge is 0.0849 e. The Balaban J connectivity index is 2.03. The average molecular weight is 255 g/mol. The summed E-state index contributed by atoms with van der Waals surface area (Å²) < 4.78 is 0. The molecule has 1 aliphatic rings. The molecular formula is C17H21NO. The molecule has 1 N–H and O–H groups in total. The molecule has 1 aliphatic carbocycles. The van der Waals surface area contributed by atoms with Crippen molar-refractivity contribution in [3.05, 3.63) is 42.2 Å². The molecule has 1 fully saturated rings. The van der Waals surface area contributed by atoms with Gasteiger partial charge in [-0.05, 0) is 35.3 Å². The summed E-state index contributed by atoms with van der Waals surface area (Å²) in [4.78, 5) is 4.16. The molecule has 0 radical (unpaired) electrons. The number of aromatic nitrogens is 1. The summed E-state index contributed by atoms with van der Waals surface area (Å²) >= 11 is 0. The summed E-state index contributed by atoms with van der Waals surface area (Å²) in [7, 11) is 0. The van der Waals surface area contributed by atoms with Crippen LogP contribution in [0.3, 0.4) is 0 Å². The maximum absolute atomic E-state index is 10.9. The molecule has 2 heteroatoms. The number of nitrogens with zero attached hydrogens (tertiary/aromatic N) is 1. The number of hydrogen-bond donors (Lipinski definition) is 1. The van der Waals surface area contributed by atoms with E-state index < -0.39 is 0 Å². The molecule has 100 valence electrons. The number of benzene rings is 1. The van der Waals surface area contributed by atoms with Crippen molar-refractivity contribution < 1.29 is 5.11 Å². The molecule has 3 rings (SSSR count). The van der Waals surface area contributed by atoms with Gasteiger partial charge in [-0.3, -0.25) is 4.98 Å². The molecule has 19 heavy (non-hydrogen) atoms. The molecule has 1 saturated carbocycles. The van der Waals surface area contributed by atoms with Gasteiger partial charge < -0.3 is 5.11 Å². The second-order valence-electron chi connectivity index (χ2n) is 6.06. The summed E-state index contributed by atoms with van der Waals surface area (Å²) in [6.45, 7) is 2.23. The summed E-state index contributed by atoms with van der Waals surface area (Å²) in [5.41, 5.74) is 1.08. The van der Waals surface area contributed by atoms with Crippen molar-refractivity contribution >= 4 is 10.8 Å². The molecule has 2 nitrogen and oxygen atoms in total. The van der Waals surface area contributed by atoms with Crippen LogP contribution in [0.15, 0.2) is 36.7 Å². The molecule has 2 aromatic rings. The summed E-state index contributed by atoms with van der Waals surface area (Å²) in [6, 6.07) is 8.16. The van der Waals surface area contributed by atoms with Crippen LogP contribution in [0.4, 0.5) is 0 Å². The molecule has 1 unspecified atom stereocenters. The van der Waals surface area contributed by atoms with Crippen LogP contribution in [0, 0.1) is 5.41 Å². The third-order valence-corrected chi connectivity index (χ3v) is 4.66. The standard InChI is InChI=1S/C17H21NO/c1-17(9-3-2-4-10-17)16(19)15-7-5-6-13-12-18-11-8-14(13)15/h5-8,11-12,16,19H,2-4,9-10H2,1H3. The first kappa shape index (κ1) is 12.6. The average Bonchev–Trinajstić information content (AvgIpc) is 2.47. The van der Waals surface area contributed by atoms with Gasteiger partial charge in [0, 0.05) is 17.8 Å². The quantitative estimate of drug-likeness (QED) is 0.870. The topological polar surface area (TPSA) is 33.1 Å².